The van der Waals surface area contributed by atoms with Crippen LogP contribution in [0.1, 0.15) is 63.8 Å². The monoisotopic (exact) mass is 546 g/mol. The van der Waals surface area contributed by atoms with Gasteiger partial charge in [0.2, 0.25) is 6.17 Å². The Morgan fingerprint density at radius 1 is 0.921 bits per heavy atom. The van der Waals surface area contributed by atoms with Crippen molar-refractivity contribution in [1.29, 1.82) is 0 Å². The molecule has 1 atom stereocenters. The molecule has 1 heterocycles. The number of hydrogen-bond donors (Lipinski definition) is 2. The van der Waals surface area contributed by atoms with Gasteiger partial charge >= 0.3 is 0 Å². The fourth-order valence-corrected chi connectivity index (χ4v) is 4.73. The van der Waals surface area contributed by atoms with Gasteiger partial charge in [0.05, 0.1) is 11.4 Å². The van der Waals surface area contributed by atoms with Gasteiger partial charge in [0.25, 0.3) is 5.91 Å². The Balaban J connectivity index is 1.70. The number of nitrogens with one attached hydrogen (secondary N) is 2. The number of amides is 1. The van der Waals surface area contributed by atoms with Crippen LogP contribution in [0.2, 0.25) is 5.02 Å². The second kappa shape index (κ2) is 10.5. The van der Waals surface area contributed by atoms with E-state index < -0.39 is 6.17 Å². The number of fused-ring (bicyclic) bond motifs is 1. The number of benzodiazepines with no additional fused rings is 1. The highest BCUT2D eigenvalue weighted by Gasteiger charge is 2.31. The van der Waals surface area contributed by atoms with E-state index in [1.165, 1.54) is 11.1 Å². The van der Waals surface area contributed by atoms with Gasteiger partial charge in [-0.2, -0.15) is 0 Å². The van der Waals surface area contributed by atoms with Crippen molar-refractivity contribution < 1.29 is 4.79 Å². The molecule has 38 heavy (non-hydrogen) atoms. The van der Waals surface area contributed by atoms with Crippen LogP contribution in [0, 0.1) is 0 Å². The molecule has 1 aliphatic heterocycles. The molecule has 0 aromatic heterocycles. The topological polar surface area (TPSA) is 56.7 Å². The molecule has 3 aromatic rings. The molecule has 5 nitrogen and oxygen atoms in total. The second-order valence-electron chi connectivity index (χ2n) is 11.7. The zero-order valence-electron chi connectivity index (χ0n) is 23.0. The third kappa shape index (κ3) is 6.08. The summed E-state index contributed by atoms with van der Waals surface area (Å²) in [6.07, 6.45) is -0.922. The van der Waals surface area contributed by atoms with Crippen LogP contribution in [0.3, 0.4) is 0 Å². The van der Waals surface area contributed by atoms with E-state index in [-0.39, 0.29) is 16.7 Å². The Morgan fingerprint density at radius 2 is 1.53 bits per heavy atom. The highest BCUT2D eigenvalue weighted by atomic mass is 35.5. The maximum atomic E-state index is 13.6. The standard InChI is InChI=1S/C31H35ClN4OS/c1-30(2,3)20-15-21(31(4,5)6)17-23(16-20)33-29(38)35-27-28(37)36(7)25-14-13-22(32)18-24(25)26(34-27)19-11-9-8-10-12-19/h8-18,27H,1-7H3,(H2,33,35,38). The third-order valence-corrected chi connectivity index (χ3v) is 7.09. The van der Waals surface area contributed by atoms with Gasteiger partial charge < -0.3 is 15.5 Å². The number of likely N-dealkylation sites (N-methyl/N-ethyl adjacent to an activating group) is 1. The van der Waals surface area contributed by atoms with Crippen LogP contribution >= 0.6 is 23.8 Å². The Bertz CT molecular complexity index is 1370. The van der Waals surface area contributed by atoms with E-state index >= 15 is 0 Å². The number of benzene rings is 3. The van der Waals surface area contributed by atoms with Gasteiger partial charge in [-0.3, -0.25) is 4.79 Å². The van der Waals surface area contributed by atoms with E-state index in [0.717, 1.165) is 22.5 Å². The number of thiocarbonyl (C=S) groups is 1. The number of aliphatic imine (C=N–C) groups is 1. The largest absolute Gasteiger partial charge is 0.333 e. The minimum absolute atomic E-state index is 0.0331. The van der Waals surface area contributed by atoms with Crippen molar-refractivity contribution in [3.8, 4) is 0 Å². The summed E-state index contributed by atoms with van der Waals surface area (Å²) in [6, 6.07) is 21.7. The summed E-state index contributed by atoms with van der Waals surface area (Å²) in [4.78, 5) is 20.0. The van der Waals surface area contributed by atoms with Crippen molar-refractivity contribution in [1.82, 2.24) is 5.32 Å². The predicted molar refractivity (Wildman–Crippen MR) is 164 cm³/mol. The number of halogens is 1. The van der Waals surface area contributed by atoms with Crippen molar-refractivity contribution >= 4 is 51.9 Å². The molecule has 1 amide bonds. The van der Waals surface area contributed by atoms with Crippen molar-refractivity contribution in [3.05, 3.63) is 94.0 Å². The number of anilines is 2. The third-order valence-electron chi connectivity index (χ3n) is 6.64. The minimum atomic E-state index is -0.922. The summed E-state index contributed by atoms with van der Waals surface area (Å²) in [7, 11) is 1.74. The Morgan fingerprint density at radius 3 is 2.11 bits per heavy atom. The van der Waals surface area contributed by atoms with Crippen molar-refractivity contribution in [2.45, 2.75) is 58.5 Å². The first kappa shape index (κ1) is 27.8. The highest BCUT2D eigenvalue weighted by molar-refractivity contribution is 7.80. The van der Waals surface area contributed by atoms with Crippen LogP contribution in [0.25, 0.3) is 0 Å². The zero-order chi connectivity index (χ0) is 27.8. The van der Waals surface area contributed by atoms with E-state index in [1.807, 2.05) is 42.5 Å². The van der Waals surface area contributed by atoms with Crippen LogP contribution in [0.4, 0.5) is 11.4 Å². The molecule has 1 aliphatic rings. The summed E-state index contributed by atoms with van der Waals surface area (Å²) in [6.45, 7) is 13.2. The first-order valence-electron chi connectivity index (χ1n) is 12.7. The van der Waals surface area contributed by atoms with E-state index in [0.29, 0.717) is 15.8 Å². The van der Waals surface area contributed by atoms with Crippen LogP contribution < -0.4 is 15.5 Å². The van der Waals surface area contributed by atoms with Crippen LogP contribution in [0.15, 0.2) is 71.7 Å². The molecular weight excluding hydrogens is 512 g/mol. The maximum absolute atomic E-state index is 13.6. The van der Waals surface area contributed by atoms with E-state index in [1.54, 1.807) is 18.0 Å². The first-order chi connectivity index (χ1) is 17.7. The number of nitrogens with zero attached hydrogens (tertiary/aromatic N) is 2. The molecule has 3 aromatic carbocycles. The average Bonchev–Trinajstić information content (AvgIpc) is 2.93. The highest BCUT2D eigenvalue weighted by Crippen LogP contribution is 2.33. The molecule has 2 N–H and O–H groups in total. The molecule has 0 bridgehead atoms. The number of carbonyl (C=O) groups excluding carboxylic acids is 1. The second-order valence-corrected chi connectivity index (χ2v) is 12.5. The predicted octanol–water partition coefficient (Wildman–Crippen LogP) is 7.06. The molecule has 0 saturated carbocycles. The van der Waals surface area contributed by atoms with Crippen molar-refractivity contribution in [2.75, 3.05) is 17.3 Å². The minimum Gasteiger partial charge on any atom is -0.333 e. The average molecular weight is 547 g/mol. The molecule has 4 rings (SSSR count). The summed E-state index contributed by atoms with van der Waals surface area (Å²) < 4.78 is 0. The van der Waals surface area contributed by atoms with E-state index in [4.69, 9.17) is 28.8 Å². The zero-order valence-corrected chi connectivity index (χ0v) is 24.6. The fourth-order valence-electron chi connectivity index (χ4n) is 4.32. The lowest BCUT2D eigenvalue weighted by Crippen LogP contribution is -2.47. The molecule has 0 saturated heterocycles. The summed E-state index contributed by atoms with van der Waals surface area (Å²) in [5.74, 6) is -0.220. The van der Waals surface area contributed by atoms with Gasteiger partial charge in [0.1, 0.15) is 0 Å². The summed E-state index contributed by atoms with van der Waals surface area (Å²) in [5, 5.41) is 7.37. The first-order valence-corrected chi connectivity index (χ1v) is 13.5. The van der Waals surface area contributed by atoms with Crippen LogP contribution in [-0.2, 0) is 15.6 Å². The van der Waals surface area contributed by atoms with Gasteiger partial charge in [0.15, 0.2) is 5.11 Å². The Labute approximate surface area is 236 Å². The molecule has 0 spiro atoms. The fraction of sp³-hybridized carbons (Fsp3) is 0.323. The van der Waals surface area contributed by atoms with Crippen molar-refractivity contribution in [2.24, 2.45) is 4.99 Å². The number of hydrogen-bond acceptors (Lipinski definition) is 3. The number of carbonyl (C=O) groups is 1. The molecular formula is C31H35ClN4OS. The lowest BCUT2D eigenvalue weighted by Gasteiger charge is -2.27. The normalized spacial score (nSPS) is 15.9. The molecule has 7 heteroatoms. The summed E-state index contributed by atoms with van der Waals surface area (Å²) >= 11 is 12.1. The molecule has 198 valence electrons. The lowest BCUT2D eigenvalue weighted by atomic mass is 9.80. The van der Waals surface area contributed by atoms with Crippen molar-refractivity contribution in [3.63, 3.8) is 0 Å². The Kier molecular flexibility index (Phi) is 7.69. The lowest BCUT2D eigenvalue weighted by molar-refractivity contribution is -0.119. The van der Waals surface area contributed by atoms with Gasteiger partial charge in [-0.15, -0.1) is 0 Å². The van der Waals surface area contributed by atoms with Crippen LogP contribution in [0.5, 0.6) is 0 Å². The summed E-state index contributed by atoms with van der Waals surface area (Å²) in [5.41, 5.74) is 6.30. The van der Waals surface area contributed by atoms with Gasteiger partial charge in [0, 0.05) is 28.9 Å². The number of rotatable bonds is 3. The molecule has 1 unspecified atom stereocenters. The SMILES string of the molecule is CN1C(=O)C(NC(=S)Nc2cc(C(C)(C)C)cc(C(C)(C)C)c2)N=C(c2ccccc2)c2cc(Cl)ccc21. The van der Waals surface area contributed by atoms with Gasteiger partial charge in [-0.05, 0) is 64.5 Å². The Hall–Kier alpha value is -3.22. The van der Waals surface area contributed by atoms with Crippen LogP contribution in [-0.4, -0.2) is 29.9 Å². The smallest absolute Gasteiger partial charge is 0.272 e. The molecule has 0 aliphatic carbocycles. The van der Waals surface area contributed by atoms with Gasteiger partial charge in [-0.1, -0.05) is 89.5 Å². The van der Waals surface area contributed by atoms with E-state index in [2.05, 4.69) is 70.4 Å². The maximum Gasteiger partial charge on any atom is 0.272 e. The quantitative estimate of drug-likeness (QED) is 0.345. The molecule has 0 fully saturated rings. The van der Waals surface area contributed by atoms with E-state index in [9.17, 15) is 4.79 Å². The molecule has 0 radical (unpaired) electrons. The van der Waals surface area contributed by atoms with Gasteiger partial charge in [-0.25, -0.2) is 4.99 Å².